The molecule has 1 fully saturated rings. The van der Waals surface area contributed by atoms with Gasteiger partial charge in [0.2, 0.25) is 0 Å². The van der Waals surface area contributed by atoms with Crippen molar-refractivity contribution in [2.24, 2.45) is 10.8 Å². The van der Waals surface area contributed by atoms with E-state index in [2.05, 4.69) is 51.0 Å². The molecule has 0 bridgehead atoms. The van der Waals surface area contributed by atoms with E-state index in [0.717, 1.165) is 37.0 Å². The standard InChI is InChI=1S/C26H42N2OS4/c1-5-6-7-8-9-13-16-22(28-23(29)33-32-21-14-11-10-12-15-21)26(4)18-20(27-24(30)31)17-25(2,3)19-26/h10-12,14-15,20,22H,5-9,13,16-19H2,1-4H3,(H,28,29)(H2,27,30,31). The molecule has 1 saturated carbocycles. The molecule has 0 heterocycles. The van der Waals surface area contributed by atoms with Crippen LogP contribution in [0.1, 0.15) is 91.9 Å². The average Bonchev–Trinajstić information content (AvgIpc) is 2.72. The Bertz CT molecular complexity index is 743. The summed E-state index contributed by atoms with van der Waals surface area (Å²) in [5.74, 6) is 0. The van der Waals surface area contributed by atoms with Crippen molar-refractivity contribution >= 4 is 56.0 Å². The molecule has 1 aliphatic carbocycles. The molecule has 0 aliphatic heterocycles. The highest BCUT2D eigenvalue weighted by atomic mass is 33.1. The zero-order valence-electron chi connectivity index (χ0n) is 20.7. The van der Waals surface area contributed by atoms with Crippen molar-refractivity contribution < 1.29 is 4.79 Å². The zero-order valence-corrected chi connectivity index (χ0v) is 24.0. The van der Waals surface area contributed by atoms with Crippen LogP contribution in [-0.2, 0) is 0 Å². The van der Waals surface area contributed by atoms with E-state index in [-0.39, 0.29) is 22.1 Å². The summed E-state index contributed by atoms with van der Waals surface area (Å²) in [5.41, 5.74) is 0.189. The van der Waals surface area contributed by atoms with Crippen molar-refractivity contribution in [1.82, 2.24) is 10.6 Å². The van der Waals surface area contributed by atoms with Crippen LogP contribution in [0.3, 0.4) is 0 Å². The normalized spacial score (nSPS) is 23.0. The van der Waals surface area contributed by atoms with Crippen molar-refractivity contribution in [2.45, 2.75) is 109 Å². The number of carbonyl (C=O) groups is 1. The van der Waals surface area contributed by atoms with Crippen LogP contribution in [0.4, 0.5) is 4.79 Å². The smallest absolute Gasteiger partial charge is 0.290 e. The van der Waals surface area contributed by atoms with E-state index in [1.165, 1.54) is 53.7 Å². The van der Waals surface area contributed by atoms with E-state index in [9.17, 15) is 4.79 Å². The first kappa shape index (κ1) is 28.9. The van der Waals surface area contributed by atoms with Gasteiger partial charge < -0.3 is 10.6 Å². The Morgan fingerprint density at radius 2 is 1.79 bits per heavy atom. The lowest BCUT2D eigenvalue weighted by atomic mass is 9.59. The third-order valence-corrected chi connectivity index (χ3v) is 9.00. The van der Waals surface area contributed by atoms with Gasteiger partial charge in [-0.2, -0.15) is 0 Å². The fourth-order valence-electron chi connectivity index (χ4n) is 5.53. The molecule has 0 radical (unpaired) electrons. The highest BCUT2D eigenvalue weighted by Gasteiger charge is 2.46. The van der Waals surface area contributed by atoms with Gasteiger partial charge in [0.15, 0.2) is 0 Å². The van der Waals surface area contributed by atoms with Gasteiger partial charge in [-0.05, 0) is 59.4 Å². The molecular weight excluding hydrogens is 485 g/mol. The topological polar surface area (TPSA) is 41.1 Å². The van der Waals surface area contributed by atoms with E-state index in [4.69, 9.17) is 12.2 Å². The van der Waals surface area contributed by atoms with E-state index < -0.39 is 0 Å². The minimum atomic E-state index is 0.00896. The number of unbranched alkanes of at least 4 members (excludes halogenated alkanes) is 5. The lowest BCUT2D eigenvalue weighted by molar-refractivity contribution is 0.0445. The van der Waals surface area contributed by atoms with Gasteiger partial charge in [-0.15, -0.1) is 12.6 Å². The van der Waals surface area contributed by atoms with Crippen LogP contribution < -0.4 is 10.6 Å². The molecule has 1 aromatic rings. The third-order valence-electron chi connectivity index (χ3n) is 6.66. The van der Waals surface area contributed by atoms with Gasteiger partial charge >= 0.3 is 0 Å². The maximum absolute atomic E-state index is 13.0. The maximum atomic E-state index is 13.0. The van der Waals surface area contributed by atoms with Crippen molar-refractivity contribution in [2.75, 3.05) is 0 Å². The molecule has 2 N–H and O–H groups in total. The Morgan fingerprint density at radius 1 is 1.12 bits per heavy atom. The number of rotatable bonds is 12. The van der Waals surface area contributed by atoms with E-state index in [0.29, 0.717) is 10.4 Å². The number of thiocarbonyl (C=S) groups is 1. The average molecular weight is 527 g/mol. The molecule has 7 heteroatoms. The van der Waals surface area contributed by atoms with E-state index in [1.54, 1.807) is 0 Å². The summed E-state index contributed by atoms with van der Waals surface area (Å²) >= 11 is 9.57. The number of hydrogen-bond acceptors (Lipinski definition) is 4. The first-order valence-electron chi connectivity index (χ1n) is 12.3. The fourth-order valence-corrected chi connectivity index (χ4v) is 7.51. The molecule has 186 valence electrons. The molecule has 1 aliphatic rings. The quantitative estimate of drug-likeness (QED) is 0.110. The van der Waals surface area contributed by atoms with Gasteiger partial charge in [0.25, 0.3) is 5.24 Å². The predicted molar refractivity (Wildman–Crippen MR) is 154 cm³/mol. The zero-order chi connectivity index (χ0) is 24.3. The van der Waals surface area contributed by atoms with Crippen LogP contribution in [0.15, 0.2) is 35.2 Å². The van der Waals surface area contributed by atoms with Gasteiger partial charge in [-0.25, -0.2) is 0 Å². The van der Waals surface area contributed by atoms with Crippen LogP contribution in [0.2, 0.25) is 0 Å². The van der Waals surface area contributed by atoms with Gasteiger partial charge in [-0.1, -0.05) is 96.6 Å². The van der Waals surface area contributed by atoms with Crippen LogP contribution in [0.5, 0.6) is 0 Å². The maximum Gasteiger partial charge on any atom is 0.290 e. The molecule has 1 aromatic carbocycles. The molecule has 0 saturated heterocycles. The Kier molecular flexibility index (Phi) is 12.5. The second-order valence-electron chi connectivity index (χ2n) is 10.6. The molecule has 33 heavy (non-hydrogen) atoms. The highest BCUT2D eigenvalue weighted by Crippen LogP contribution is 2.49. The van der Waals surface area contributed by atoms with E-state index in [1.807, 2.05) is 30.3 Å². The lowest BCUT2D eigenvalue weighted by Crippen LogP contribution is -2.54. The number of thiol groups is 1. The highest BCUT2D eigenvalue weighted by molar-refractivity contribution is 8.82. The van der Waals surface area contributed by atoms with Crippen LogP contribution in [-0.4, -0.2) is 21.6 Å². The monoisotopic (exact) mass is 526 g/mol. The molecule has 3 atom stereocenters. The summed E-state index contributed by atoms with van der Waals surface area (Å²) in [7, 11) is 2.83. The molecular formula is C26H42N2OS4. The van der Waals surface area contributed by atoms with Crippen molar-refractivity contribution in [3.63, 3.8) is 0 Å². The second-order valence-corrected chi connectivity index (χ2v) is 13.9. The number of benzene rings is 1. The second kappa shape index (κ2) is 14.3. The van der Waals surface area contributed by atoms with Crippen molar-refractivity contribution in [1.29, 1.82) is 0 Å². The number of hydrogen-bond donors (Lipinski definition) is 3. The molecule has 3 unspecified atom stereocenters. The Labute approximate surface area is 220 Å². The summed E-state index contributed by atoms with van der Waals surface area (Å²) < 4.78 is 0.561. The Hall–Kier alpha value is -0.370. The van der Waals surface area contributed by atoms with Crippen molar-refractivity contribution in [3.05, 3.63) is 30.3 Å². The lowest BCUT2D eigenvalue weighted by Gasteiger charge is -2.50. The molecule has 0 spiro atoms. The minimum absolute atomic E-state index is 0.00896. The van der Waals surface area contributed by atoms with Crippen LogP contribution in [0, 0.1) is 10.8 Å². The predicted octanol–water partition coefficient (Wildman–Crippen LogP) is 8.65. The number of carbonyl (C=O) groups excluding carboxylic acids is 1. The Balaban J connectivity index is 2.06. The molecule has 0 aromatic heterocycles. The molecule has 3 nitrogen and oxygen atoms in total. The minimum Gasteiger partial charge on any atom is -0.368 e. The van der Waals surface area contributed by atoms with Crippen LogP contribution >= 0.6 is 46.4 Å². The van der Waals surface area contributed by atoms with Crippen molar-refractivity contribution in [3.8, 4) is 0 Å². The summed E-state index contributed by atoms with van der Waals surface area (Å²) in [6.45, 7) is 9.29. The summed E-state index contributed by atoms with van der Waals surface area (Å²) in [5, 5.41) is 6.90. The fraction of sp³-hybridized carbons (Fsp3) is 0.692. The molecule has 2 rings (SSSR count). The molecule has 1 amide bonds. The van der Waals surface area contributed by atoms with Gasteiger partial charge in [0.05, 0.1) is 0 Å². The number of amides is 1. The van der Waals surface area contributed by atoms with Crippen LogP contribution in [0.25, 0.3) is 0 Å². The summed E-state index contributed by atoms with van der Waals surface area (Å²) in [4.78, 5) is 14.1. The summed E-state index contributed by atoms with van der Waals surface area (Å²) in [6.07, 6.45) is 11.8. The third kappa shape index (κ3) is 10.8. The first-order valence-corrected chi connectivity index (χ1v) is 15.3. The largest absolute Gasteiger partial charge is 0.368 e. The van der Waals surface area contributed by atoms with Gasteiger partial charge in [0, 0.05) is 27.8 Å². The summed E-state index contributed by atoms with van der Waals surface area (Å²) in [6, 6.07) is 10.5. The first-order chi connectivity index (χ1) is 15.6. The Morgan fingerprint density at radius 3 is 2.45 bits per heavy atom. The van der Waals surface area contributed by atoms with Gasteiger partial charge in [-0.3, -0.25) is 4.79 Å². The van der Waals surface area contributed by atoms with Gasteiger partial charge in [0.1, 0.15) is 4.32 Å². The van der Waals surface area contributed by atoms with E-state index >= 15 is 0 Å². The number of nitrogens with one attached hydrogen (secondary N) is 2. The SMILES string of the molecule is CCCCCCCCC(NC(=O)SSc1ccccc1)C1(C)CC(NC(=S)S)CC(C)(C)C1.